The Morgan fingerprint density at radius 1 is 1.00 bits per heavy atom. The van der Waals surface area contributed by atoms with E-state index in [1.165, 1.54) is 5.56 Å². The highest BCUT2D eigenvalue weighted by atomic mass is 16.7. The lowest BCUT2D eigenvalue weighted by molar-refractivity contribution is -0.0680. The van der Waals surface area contributed by atoms with Crippen LogP contribution < -0.4 is 9.47 Å². The van der Waals surface area contributed by atoms with Crippen molar-refractivity contribution in [3.05, 3.63) is 59.2 Å². The van der Waals surface area contributed by atoms with E-state index < -0.39 is 5.79 Å². The molecule has 0 aliphatic carbocycles. The smallest absolute Gasteiger partial charge is 0.275 e. The van der Waals surface area contributed by atoms with Crippen molar-refractivity contribution in [3.63, 3.8) is 0 Å². The normalized spacial score (nSPS) is 22.1. The largest absolute Gasteiger partial charge is 0.445 e. The fraction of sp³-hybridized carbons (Fsp3) is 0.350. The van der Waals surface area contributed by atoms with Gasteiger partial charge in [0.05, 0.1) is 13.2 Å². The third kappa shape index (κ3) is 2.96. The fourth-order valence-electron chi connectivity index (χ4n) is 3.17. The molecule has 0 N–H and O–H groups in total. The summed E-state index contributed by atoms with van der Waals surface area (Å²) in [6.07, 6.45) is 0. The van der Waals surface area contributed by atoms with Gasteiger partial charge in [0.15, 0.2) is 11.5 Å². The zero-order valence-corrected chi connectivity index (χ0v) is 14.5. The van der Waals surface area contributed by atoms with Gasteiger partial charge in [-0.05, 0) is 25.1 Å². The van der Waals surface area contributed by atoms with Crippen LogP contribution >= 0.6 is 0 Å². The highest BCUT2D eigenvalue weighted by Gasteiger charge is 2.39. The maximum atomic E-state index is 12.6. The van der Waals surface area contributed by atoms with Gasteiger partial charge in [0.1, 0.15) is 0 Å². The molecule has 1 fully saturated rings. The predicted molar refractivity (Wildman–Crippen MR) is 93.0 cm³/mol. The molecule has 5 heteroatoms. The number of carbonyl (C=O) groups excluding carboxylic acids is 1. The fourth-order valence-corrected chi connectivity index (χ4v) is 3.17. The van der Waals surface area contributed by atoms with Crippen LogP contribution in [0.3, 0.4) is 0 Å². The number of morpholine rings is 1. The summed E-state index contributed by atoms with van der Waals surface area (Å²) < 4.78 is 17.4. The minimum atomic E-state index is -0.878. The van der Waals surface area contributed by atoms with Gasteiger partial charge >= 0.3 is 0 Å². The lowest BCUT2D eigenvalue weighted by Gasteiger charge is -2.26. The number of aryl methyl sites for hydroxylation is 1. The molecule has 2 aromatic rings. The first-order valence-corrected chi connectivity index (χ1v) is 8.51. The number of carbonyl (C=O) groups is 1. The van der Waals surface area contributed by atoms with E-state index in [0.29, 0.717) is 43.4 Å². The second-order valence-electron chi connectivity index (χ2n) is 6.58. The third-order valence-electron chi connectivity index (χ3n) is 4.67. The summed E-state index contributed by atoms with van der Waals surface area (Å²) in [5, 5.41) is 0. The molecule has 1 amide bonds. The molecule has 1 saturated heterocycles. The quantitative estimate of drug-likeness (QED) is 0.843. The molecule has 2 aliphatic rings. The number of fused-ring (bicyclic) bond motifs is 1. The second-order valence-corrected chi connectivity index (χ2v) is 6.58. The molecule has 2 aromatic carbocycles. The average molecular weight is 339 g/mol. The third-order valence-corrected chi connectivity index (χ3v) is 4.67. The average Bonchev–Trinajstić information content (AvgIpc) is 2.98. The highest BCUT2D eigenvalue weighted by Crippen LogP contribution is 2.44. The number of hydrogen-bond donors (Lipinski definition) is 0. The highest BCUT2D eigenvalue weighted by molar-refractivity contribution is 5.95. The Morgan fingerprint density at radius 3 is 2.40 bits per heavy atom. The Hall–Kier alpha value is -2.53. The molecule has 4 rings (SSSR count). The van der Waals surface area contributed by atoms with Crippen LogP contribution in [-0.2, 0) is 10.5 Å². The van der Waals surface area contributed by atoms with Crippen LogP contribution in [0.5, 0.6) is 11.5 Å². The van der Waals surface area contributed by atoms with Gasteiger partial charge < -0.3 is 19.1 Å². The molecule has 1 atom stereocenters. The lowest BCUT2D eigenvalue weighted by atomic mass is 10.1. The van der Waals surface area contributed by atoms with Crippen molar-refractivity contribution in [2.45, 2.75) is 19.6 Å². The van der Waals surface area contributed by atoms with Crippen LogP contribution in [0.2, 0.25) is 0 Å². The molecule has 5 nitrogen and oxygen atoms in total. The zero-order chi connectivity index (χ0) is 17.4. The second kappa shape index (κ2) is 6.08. The molecule has 0 radical (unpaired) electrons. The van der Waals surface area contributed by atoms with Crippen molar-refractivity contribution in [1.82, 2.24) is 4.90 Å². The van der Waals surface area contributed by atoms with Crippen LogP contribution in [0.4, 0.5) is 0 Å². The van der Waals surface area contributed by atoms with E-state index in [4.69, 9.17) is 14.2 Å². The summed E-state index contributed by atoms with van der Waals surface area (Å²) in [6.45, 7) is 6.34. The summed E-state index contributed by atoms with van der Waals surface area (Å²) in [4.78, 5) is 14.4. The Morgan fingerprint density at radius 2 is 1.68 bits per heavy atom. The van der Waals surface area contributed by atoms with Crippen molar-refractivity contribution < 1.29 is 19.0 Å². The predicted octanol–water partition coefficient (Wildman–Crippen LogP) is 3.11. The Kier molecular flexibility index (Phi) is 3.88. The van der Waals surface area contributed by atoms with Gasteiger partial charge in [-0.3, -0.25) is 4.79 Å². The molecule has 2 heterocycles. The number of rotatable bonds is 2. The number of amides is 1. The Balaban J connectivity index is 1.57. The lowest BCUT2D eigenvalue weighted by Crippen LogP contribution is -2.40. The first-order valence-electron chi connectivity index (χ1n) is 8.51. The van der Waals surface area contributed by atoms with E-state index in [1.54, 1.807) is 17.0 Å². The van der Waals surface area contributed by atoms with E-state index in [0.717, 1.165) is 5.56 Å². The molecule has 25 heavy (non-hydrogen) atoms. The molecule has 0 bridgehead atoms. The summed E-state index contributed by atoms with van der Waals surface area (Å²) in [7, 11) is 0. The molecular weight excluding hydrogens is 318 g/mol. The summed E-state index contributed by atoms with van der Waals surface area (Å²) in [6, 6.07) is 13.4. The van der Waals surface area contributed by atoms with Crippen LogP contribution in [0.25, 0.3) is 0 Å². The van der Waals surface area contributed by atoms with Crippen molar-refractivity contribution in [2.75, 3.05) is 26.3 Å². The SMILES string of the molecule is Cc1ccc(C2(C)Oc3ccc(C(=O)N4CCOCC4)cc3O2)cc1. The minimum absolute atomic E-state index is 0.00126. The molecule has 0 aromatic heterocycles. The van der Waals surface area contributed by atoms with E-state index >= 15 is 0 Å². The van der Waals surface area contributed by atoms with Gasteiger partial charge in [-0.15, -0.1) is 0 Å². The molecule has 130 valence electrons. The van der Waals surface area contributed by atoms with Gasteiger partial charge in [-0.1, -0.05) is 29.8 Å². The van der Waals surface area contributed by atoms with Crippen LogP contribution in [0.1, 0.15) is 28.4 Å². The first kappa shape index (κ1) is 16.0. The minimum Gasteiger partial charge on any atom is -0.445 e. The van der Waals surface area contributed by atoms with Crippen LogP contribution in [0.15, 0.2) is 42.5 Å². The monoisotopic (exact) mass is 339 g/mol. The number of hydrogen-bond acceptors (Lipinski definition) is 4. The van der Waals surface area contributed by atoms with Crippen molar-refractivity contribution in [2.24, 2.45) is 0 Å². The first-order chi connectivity index (χ1) is 12.0. The maximum absolute atomic E-state index is 12.6. The number of nitrogens with zero attached hydrogens (tertiary/aromatic N) is 1. The summed E-state index contributed by atoms with van der Waals surface area (Å²) in [5.41, 5.74) is 2.73. The van der Waals surface area contributed by atoms with Gasteiger partial charge in [-0.2, -0.15) is 0 Å². The maximum Gasteiger partial charge on any atom is 0.275 e. The molecule has 0 saturated carbocycles. The van der Waals surface area contributed by atoms with Gasteiger partial charge in [0.25, 0.3) is 11.7 Å². The number of benzene rings is 2. The zero-order valence-electron chi connectivity index (χ0n) is 14.5. The molecular formula is C20H21NO4. The van der Waals surface area contributed by atoms with Crippen LogP contribution in [0, 0.1) is 6.92 Å². The number of ether oxygens (including phenoxy) is 3. The van der Waals surface area contributed by atoms with Crippen molar-refractivity contribution in [3.8, 4) is 11.5 Å². The van der Waals surface area contributed by atoms with E-state index in [2.05, 4.69) is 0 Å². The summed E-state index contributed by atoms with van der Waals surface area (Å²) >= 11 is 0. The molecule has 1 unspecified atom stereocenters. The Bertz CT molecular complexity index is 796. The standard InChI is InChI=1S/C20H21NO4/c1-14-3-6-16(7-4-14)20(2)24-17-8-5-15(13-18(17)25-20)19(22)21-9-11-23-12-10-21/h3-8,13H,9-12H2,1-2H3. The van der Waals surface area contributed by atoms with Crippen molar-refractivity contribution in [1.29, 1.82) is 0 Å². The topological polar surface area (TPSA) is 48.0 Å². The molecule has 2 aliphatic heterocycles. The van der Waals surface area contributed by atoms with Gasteiger partial charge in [-0.25, -0.2) is 0 Å². The van der Waals surface area contributed by atoms with Crippen molar-refractivity contribution >= 4 is 5.91 Å². The summed E-state index contributed by atoms with van der Waals surface area (Å²) in [5.74, 6) is 0.374. The van der Waals surface area contributed by atoms with E-state index in [1.807, 2.05) is 44.2 Å². The van der Waals surface area contributed by atoms with E-state index in [9.17, 15) is 4.79 Å². The van der Waals surface area contributed by atoms with Gasteiger partial charge in [0.2, 0.25) is 0 Å². The van der Waals surface area contributed by atoms with Gasteiger partial charge in [0, 0.05) is 31.1 Å². The molecule has 0 spiro atoms. The van der Waals surface area contributed by atoms with E-state index in [-0.39, 0.29) is 5.91 Å². The van der Waals surface area contributed by atoms with Crippen LogP contribution in [-0.4, -0.2) is 37.1 Å². The Labute approximate surface area is 147 Å².